The second-order valence-electron chi connectivity index (χ2n) is 7.59. The normalized spacial score (nSPS) is 16.8. The summed E-state index contributed by atoms with van der Waals surface area (Å²) in [5.41, 5.74) is 2.39. The van der Waals surface area contributed by atoms with Crippen LogP contribution < -0.4 is 10.2 Å². The average molecular weight is 391 g/mol. The number of piperidine rings is 1. The molecule has 0 radical (unpaired) electrons. The molecule has 6 nitrogen and oxygen atoms in total. The van der Waals surface area contributed by atoms with Gasteiger partial charge in [-0.15, -0.1) is 0 Å². The highest BCUT2D eigenvalue weighted by atomic mass is 16.2. The van der Waals surface area contributed by atoms with Crippen LogP contribution in [-0.4, -0.2) is 42.3 Å². The average Bonchev–Trinajstić information content (AvgIpc) is 3.20. The summed E-state index contributed by atoms with van der Waals surface area (Å²) in [7, 11) is 0. The Morgan fingerprint density at radius 3 is 2.34 bits per heavy atom. The van der Waals surface area contributed by atoms with E-state index in [2.05, 4.69) is 5.32 Å². The fourth-order valence-corrected chi connectivity index (χ4v) is 3.95. The van der Waals surface area contributed by atoms with Crippen molar-refractivity contribution in [2.75, 3.05) is 29.9 Å². The van der Waals surface area contributed by atoms with E-state index in [1.807, 2.05) is 11.0 Å². The van der Waals surface area contributed by atoms with Gasteiger partial charge in [0.2, 0.25) is 5.91 Å². The molecule has 2 fully saturated rings. The molecule has 2 aliphatic heterocycles. The molecule has 2 heterocycles. The van der Waals surface area contributed by atoms with Crippen LogP contribution in [0.3, 0.4) is 0 Å². The summed E-state index contributed by atoms with van der Waals surface area (Å²) in [6, 6.07) is 14.2. The Labute approximate surface area is 170 Å². The SMILES string of the molecule is O=C(Nc1cccc(C(=O)N2CCCCC2)c1)c1cccc(N2CCCC2=O)c1. The molecule has 2 aromatic carbocycles. The zero-order valence-corrected chi connectivity index (χ0v) is 16.4. The first-order valence-electron chi connectivity index (χ1n) is 10.2. The van der Waals surface area contributed by atoms with Crippen molar-refractivity contribution >= 4 is 29.1 Å². The van der Waals surface area contributed by atoms with Gasteiger partial charge >= 0.3 is 0 Å². The minimum Gasteiger partial charge on any atom is -0.339 e. The van der Waals surface area contributed by atoms with Crippen LogP contribution in [0.4, 0.5) is 11.4 Å². The number of nitrogens with zero attached hydrogens (tertiary/aromatic N) is 2. The van der Waals surface area contributed by atoms with Crippen molar-refractivity contribution < 1.29 is 14.4 Å². The largest absolute Gasteiger partial charge is 0.339 e. The van der Waals surface area contributed by atoms with Crippen molar-refractivity contribution in [1.29, 1.82) is 0 Å². The predicted octanol–water partition coefficient (Wildman–Crippen LogP) is 3.69. The molecule has 3 amide bonds. The van der Waals surface area contributed by atoms with Gasteiger partial charge in [-0.2, -0.15) is 0 Å². The third-order valence-corrected chi connectivity index (χ3v) is 5.50. The summed E-state index contributed by atoms with van der Waals surface area (Å²) >= 11 is 0. The maximum atomic E-state index is 12.7. The summed E-state index contributed by atoms with van der Waals surface area (Å²) in [5, 5.41) is 2.87. The molecular formula is C23H25N3O3. The lowest BCUT2D eigenvalue weighted by molar-refractivity contribution is -0.117. The second kappa shape index (κ2) is 8.47. The fraction of sp³-hybridized carbons (Fsp3) is 0.348. The standard InChI is InChI=1S/C23H25N3O3/c27-21-11-6-14-26(21)20-10-5-7-17(16-20)22(28)24-19-9-4-8-18(15-19)23(29)25-12-2-1-3-13-25/h4-5,7-10,15-16H,1-3,6,11-14H2,(H,24,28). The van der Waals surface area contributed by atoms with Crippen molar-refractivity contribution in [2.45, 2.75) is 32.1 Å². The van der Waals surface area contributed by atoms with Gasteiger partial charge in [-0.1, -0.05) is 12.1 Å². The van der Waals surface area contributed by atoms with Crippen LogP contribution in [0.2, 0.25) is 0 Å². The Morgan fingerprint density at radius 1 is 0.828 bits per heavy atom. The lowest BCUT2D eigenvalue weighted by Gasteiger charge is -2.26. The van der Waals surface area contributed by atoms with E-state index >= 15 is 0 Å². The summed E-state index contributed by atoms with van der Waals surface area (Å²) in [5.74, 6) is -0.164. The van der Waals surface area contributed by atoms with E-state index in [1.54, 1.807) is 47.4 Å². The quantitative estimate of drug-likeness (QED) is 0.864. The van der Waals surface area contributed by atoms with E-state index in [9.17, 15) is 14.4 Å². The Balaban J connectivity index is 1.47. The van der Waals surface area contributed by atoms with Crippen molar-refractivity contribution in [3.63, 3.8) is 0 Å². The molecule has 0 spiro atoms. The zero-order valence-electron chi connectivity index (χ0n) is 16.4. The first-order valence-corrected chi connectivity index (χ1v) is 10.2. The Kier molecular flexibility index (Phi) is 5.60. The van der Waals surface area contributed by atoms with Gasteiger partial charge in [0.25, 0.3) is 11.8 Å². The van der Waals surface area contributed by atoms with Crippen LogP contribution >= 0.6 is 0 Å². The Morgan fingerprint density at radius 2 is 1.59 bits per heavy atom. The van der Waals surface area contributed by atoms with Gasteiger partial charge in [0, 0.05) is 48.6 Å². The van der Waals surface area contributed by atoms with Crippen LogP contribution in [-0.2, 0) is 4.79 Å². The summed E-state index contributed by atoms with van der Waals surface area (Å²) < 4.78 is 0. The molecule has 2 aromatic rings. The number of hydrogen-bond acceptors (Lipinski definition) is 3. The monoisotopic (exact) mass is 391 g/mol. The molecule has 29 heavy (non-hydrogen) atoms. The molecule has 6 heteroatoms. The predicted molar refractivity (Wildman–Crippen MR) is 112 cm³/mol. The third-order valence-electron chi connectivity index (χ3n) is 5.50. The number of carbonyl (C=O) groups excluding carboxylic acids is 3. The number of likely N-dealkylation sites (tertiary alicyclic amines) is 1. The van der Waals surface area contributed by atoms with Crippen molar-refractivity contribution in [1.82, 2.24) is 4.90 Å². The van der Waals surface area contributed by atoms with E-state index in [0.29, 0.717) is 29.8 Å². The van der Waals surface area contributed by atoms with Crippen molar-refractivity contribution in [3.8, 4) is 0 Å². The minimum atomic E-state index is -0.263. The molecule has 4 rings (SSSR count). The van der Waals surface area contributed by atoms with Crippen LogP contribution in [0.1, 0.15) is 52.8 Å². The smallest absolute Gasteiger partial charge is 0.255 e. The maximum Gasteiger partial charge on any atom is 0.255 e. The second-order valence-corrected chi connectivity index (χ2v) is 7.59. The number of rotatable bonds is 4. The topological polar surface area (TPSA) is 69.7 Å². The lowest BCUT2D eigenvalue weighted by atomic mass is 10.1. The van der Waals surface area contributed by atoms with Gasteiger partial charge in [0.1, 0.15) is 0 Å². The number of hydrogen-bond donors (Lipinski definition) is 1. The van der Waals surface area contributed by atoms with E-state index in [0.717, 1.165) is 38.0 Å². The minimum absolute atomic E-state index is 0.00958. The van der Waals surface area contributed by atoms with Crippen LogP contribution in [0.15, 0.2) is 48.5 Å². The van der Waals surface area contributed by atoms with Crippen molar-refractivity contribution in [2.24, 2.45) is 0 Å². The van der Waals surface area contributed by atoms with Gasteiger partial charge in [-0.05, 0) is 62.1 Å². The number of carbonyl (C=O) groups is 3. The first kappa shape index (κ1) is 19.2. The van der Waals surface area contributed by atoms with E-state index in [-0.39, 0.29) is 17.7 Å². The number of nitrogens with one attached hydrogen (secondary N) is 1. The Hall–Kier alpha value is -3.15. The molecule has 1 N–H and O–H groups in total. The highest BCUT2D eigenvalue weighted by Crippen LogP contribution is 2.23. The lowest BCUT2D eigenvalue weighted by Crippen LogP contribution is -2.35. The molecular weight excluding hydrogens is 366 g/mol. The summed E-state index contributed by atoms with van der Waals surface area (Å²) in [6.45, 7) is 2.26. The maximum absolute atomic E-state index is 12.7. The van der Waals surface area contributed by atoms with Gasteiger partial charge in [0.05, 0.1) is 0 Å². The number of amides is 3. The molecule has 0 bridgehead atoms. The third kappa shape index (κ3) is 4.31. The van der Waals surface area contributed by atoms with Gasteiger partial charge in [-0.3, -0.25) is 14.4 Å². The van der Waals surface area contributed by atoms with E-state index in [1.165, 1.54) is 6.42 Å². The van der Waals surface area contributed by atoms with Crippen LogP contribution in [0, 0.1) is 0 Å². The highest BCUT2D eigenvalue weighted by molar-refractivity contribution is 6.06. The molecule has 2 aliphatic rings. The molecule has 0 atom stereocenters. The number of benzene rings is 2. The van der Waals surface area contributed by atoms with Crippen LogP contribution in [0.25, 0.3) is 0 Å². The molecule has 0 unspecified atom stereocenters. The van der Waals surface area contributed by atoms with Crippen LogP contribution in [0.5, 0.6) is 0 Å². The van der Waals surface area contributed by atoms with Gasteiger partial charge in [-0.25, -0.2) is 0 Å². The molecule has 2 saturated heterocycles. The van der Waals surface area contributed by atoms with Gasteiger partial charge < -0.3 is 15.1 Å². The molecule has 150 valence electrons. The number of anilines is 2. The molecule has 0 aromatic heterocycles. The van der Waals surface area contributed by atoms with E-state index in [4.69, 9.17) is 0 Å². The Bertz CT molecular complexity index is 934. The summed E-state index contributed by atoms with van der Waals surface area (Å²) in [4.78, 5) is 41.0. The molecule has 0 saturated carbocycles. The van der Waals surface area contributed by atoms with Gasteiger partial charge in [0.15, 0.2) is 0 Å². The van der Waals surface area contributed by atoms with Crippen molar-refractivity contribution in [3.05, 3.63) is 59.7 Å². The zero-order chi connectivity index (χ0) is 20.2. The first-order chi connectivity index (χ1) is 14.1. The fourth-order valence-electron chi connectivity index (χ4n) is 3.95. The highest BCUT2D eigenvalue weighted by Gasteiger charge is 2.22. The molecule has 0 aliphatic carbocycles. The van der Waals surface area contributed by atoms with E-state index < -0.39 is 0 Å². The summed E-state index contributed by atoms with van der Waals surface area (Å²) in [6.07, 6.45) is 4.64.